The minimum absolute atomic E-state index is 0.0969. The SMILES string of the molecule is Cc1ccnc(Nc2cc(N3CCN(C(=O)Cc4c(C)noc4C)CC3)ncn2)c1. The Morgan fingerprint density at radius 1 is 1.07 bits per heavy atom. The van der Waals surface area contributed by atoms with Gasteiger partial charge in [-0.1, -0.05) is 5.16 Å². The van der Waals surface area contributed by atoms with Crippen molar-refractivity contribution in [1.82, 2.24) is 25.0 Å². The molecule has 0 unspecified atom stereocenters. The number of nitrogens with zero attached hydrogens (tertiary/aromatic N) is 6. The molecular formula is C21H25N7O2. The Hall–Kier alpha value is -3.49. The van der Waals surface area contributed by atoms with Crippen LogP contribution in [-0.4, -0.2) is 57.1 Å². The van der Waals surface area contributed by atoms with Crippen molar-refractivity contribution in [3.63, 3.8) is 0 Å². The lowest BCUT2D eigenvalue weighted by Gasteiger charge is -2.35. The van der Waals surface area contributed by atoms with E-state index in [1.54, 1.807) is 12.5 Å². The zero-order chi connectivity index (χ0) is 21.1. The zero-order valence-electron chi connectivity index (χ0n) is 17.4. The van der Waals surface area contributed by atoms with E-state index in [1.807, 2.05) is 43.9 Å². The first-order valence-corrected chi connectivity index (χ1v) is 9.96. The van der Waals surface area contributed by atoms with Crippen LogP contribution in [0, 0.1) is 20.8 Å². The molecule has 0 atom stereocenters. The molecule has 9 nitrogen and oxygen atoms in total. The topological polar surface area (TPSA) is 100 Å². The molecule has 1 aliphatic heterocycles. The van der Waals surface area contributed by atoms with Gasteiger partial charge in [0.05, 0.1) is 12.1 Å². The van der Waals surface area contributed by atoms with Gasteiger partial charge in [0.1, 0.15) is 29.5 Å². The molecule has 3 aromatic rings. The van der Waals surface area contributed by atoms with Gasteiger partial charge in [0.15, 0.2) is 0 Å². The third kappa shape index (κ3) is 4.40. The molecule has 0 radical (unpaired) electrons. The number of amides is 1. The van der Waals surface area contributed by atoms with Crippen LogP contribution in [0.15, 0.2) is 35.2 Å². The number of carbonyl (C=O) groups is 1. The van der Waals surface area contributed by atoms with Crippen LogP contribution in [0.4, 0.5) is 17.5 Å². The highest BCUT2D eigenvalue weighted by atomic mass is 16.5. The van der Waals surface area contributed by atoms with Crippen molar-refractivity contribution in [2.75, 3.05) is 36.4 Å². The molecule has 30 heavy (non-hydrogen) atoms. The standard InChI is InChI=1S/C21H25N7O2/c1-14-4-5-22-18(10-14)25-19-12-20(24-13-23-19)27-6-8-28(9-7-27)21(29)11-17-15(2)26-30-16(17)3/h4-5,10,12-13H,6-9,11H2,1-3H3,(H,22,23,24,25). The Kier molecular flexibility index (Phi) is 5.60. The summed E-state index contributed by atoms with van der Waals surface area (Å²) in [5, 5.41) is 7.15. The van der Waals surface area contributed by atoms with E-state index in [2.05, 4.69) is 30.3 Å². The monoisotopic (exact) mass is 407 g/mol. The van der Waals surface area contributed by atoms with Gasteiger partial charge in [-0.2, -0.15) is 0 Å². The minimum Gasteiger partial charge on any atom is -0.361 e. The summed E-state index contributed by atoms with van der Waals surface area (Å²) in [7, 11) is 0. The predicted molar refractivity (Wildman–Crippen MR) is 113 cm³/mol. The van der Waals surface area contributed by atoms with Crippen molar-refractivity contribution < 1.29 is 9.32 Å². The molecule has 0 aliphatic carbocycles. The highest BCUT2D eigenvalue weighted by molar-refractivity contribution is 5.79. The van der Waals surface area contributed by atoms with Crippen LogP contribution in [0.5, 0.6) is 0 Å². The fourth-order valence-corrected chi connectivity index (χ4v) is 3.53. The minimum atomic E-state index is 0.0969. The number of hydrogen-bond acceptors (Lipinski definition) is 8. The molecule has 4 heterocycles. The first-order chi connectivity index (χ1) is 14.5. The maximum absolute atomic E-state index is 12.7. The molecule has 1 fully saturated rings. The van der Waals surface area contributed by atoms with E-state index in [0.29, 0.717) is 44.2 Å². The lowest BCUT2D eigenvalue weighted by atomic mass is 10.1. The molecule has 0 aromatic carbocycles. The summed E-state index contributed by atoms with van der Waals surface area (Å²) in [6, 6.07) is 5.82. The molecule has 156 valence electrons. The van der Waals surface area contributed by atoms with E-state index >= 15 is 0 Å². The predicted octanol–water partition coefficient (Wildman–Crippen LogP) is 2.42. The summed E-state index contributed by atoms with van der Waals surface area (Å²) < 4.78 is 5.17. The molecule has 1 aliphatic rings. The van der Waals surface area contributed by atoms with E-state index in [1.165, 1.54) is 0 Å². The second kappa shape index (κ2) is 8.48. The third-order valence-corrected chi connectivity index (χ3v) is 5.29. The highest BCUT2D eigenvalue weighted by Crippen LogP contribution is 2.20. The fraction of sp³-hybridized carbons (Fsp3) is 0.381. The molecule has 0 saturated carbocycles. The van der Waals surface area contributed by atoms with E-state index in [0.717, 1.165) is 28.5 Å². The van der Waals surface area contributed by atoms with Crippen LogP contribution in [0.3, 0.4) is 0 Å². The number of piperazine rings is 1. The van der Waals surface area contributed by atoms with Crippen molar-refractivity contribution in [3.8, 4) is 0 Å². The van der Waals surface area contributed by atoms with Gasteiger partial charge >= 0.3 is 0 Å². The first-order valence-electron chi connectivity index (χ1n) is 9.96. The normalized spacial score (nSPS) is 14.1. The van der Waals surface area contributed by atoms with Crippen LogP contribution in [0.25, 0.3) is 0 Å². The number of aromatic nitrogens is 4. The van der Waals surface area contributed by atoms with Crippen molar-refractivity contribution in [3.05, 3.63) is 53.3 Å². The summed E-state index contributed by atoms with van der Waals surface area (Å²) in [5.41, 5.74) is 2.79. The second-order valence-corrected chi connectivity index (χ2v) is 7.45. The van der Waals surface area contributed by atoms with E-state index in [-0.39, 0.29) is 5.91 Å². The summed E-state index contributed by atoms with van der Waals surface area (Å²) >= 11 is 0. The van der Waals surface area contributed by atoms with Gasteiger partial charge in [-0.05, 0) is 38.5 Å². The Morgan fingerprint density at radius 2 is 1.83 bits per heavy atom. The molecule has 3 aromatic heterocycles. The summed E-state index contributed by atoms with van der Waals surface area (Å²) in [4.78, 5) is 29.8. The van der Waals surface area contributed by atoms with Crippen LogP contribution in [-0.2, 0) is 11.2 Å². The Balaban J connectivity index is 1.36. The summed E-state index contributed by atoms with van der Waals surface area (Å²) in [6.07, 6.45) is 3.63. The van der Waals surface area contributed by atoms with Gasteiger partial charge in [0, 0.05) is 44.0 Å². The van der Waals surface area contributed by atoms with Crippen molar-refractivity contribution in [2.24, 2.45) is 0 Å². The van der Waals surface area contributed by atoms with Gasteiger partial charge in [-0.3, -0.25) is 4.79 Å². The smallest absolute Gasteiger partial charge is 0.227 e. The largest absolute Gasteiger partial charge is 0.361 e. The second-order valence-electron chi connectivity index (χ2n) is 7.45. The van der Waals surface area contributed by atoms with Crippen molar-refractivity contribution in [2.45, 2.75) is 27.2 Å². The highest BCUT2D eigenvalue weighted by Gasteiger charge is 2.24. The lowest BCUT2D eigenvalue weighted by Crippen LogP contribution is -2.49. The maximum Gasteiger partial charge on any atom is 0.227 e. The number of hydrogen-bond donors (Lipinski definition) is 1. The van der Waals surface area contributed by atoms with Gasteiger partial charge in [-0.15, -0.1) is 0 Å². The number of rotatable bonds is 5. The average Bonchev–Trinajstić information content (AvgIpc) is 3.06. The Morgan fingerprint density at radius 3 is 2.53 bits per heavy atom. The van der Waals surface area contributed by atoms with Gasteiger partial charge < -0.3 is 19.6 Å². The van der Waals surface area contributed by atoms with E-state index in [9.17, 15) is 4.79 Å². The Labute approximate surface area is 175 Å². The number of carbonyl (C=O) groups excluding carboxylic acids is 1. The van der Waals surface area contributed by atoms with Gasteiger partial charge in [-0.25, -0.2) is 15.0 Å². The molecule has 4 rings (SSSR count). The number of nitrogens with one attached hydrogen (secondary N) is 1. The first kappa shape index (κ1) is 19.8. The molecule has 0 spiro atoms. The van der Waals surface area contributed by atoms with Gasteiger partial charge in [0.2, 0.25) is 5.91 Å². The van der Waals surface area contributed by atoms with Crippen LogP contribution in [0.1, 0.15) is 22.6 Å². The molecule has 1 N–H and O–H groups in total. The number of anilines is 3. The van der Waals surface area contributed by atoms with Crippen LogP contribution >= 0.6 is 0 Å². The van der Waals surface area contributed by atoms with E-state index < -0.39 is 0 Å². The van der Waals surface area contributed by atoms with Gasteiger partial charge in [0.25, 0.3) is 0 Å². The van der Waals surface area contributed by atoms with Crippen molar-refractivity contribution in [1.29, 1.82) is 0 Å². The summed E-state index contributed by atoms with van der Waals surface area (Å²) in [6.45, 7) is 8.45. The molecule has 1 saturated heterocycles. The molecule has 0 bridgehead atoms. The lowest BCUT2D eigenvalue weighted by molar-refractivity contribution is -0.130. The molecule has 9 heteroatoms. The molecular weight excluding hydrogens is 382 g/mol. The number of pyridine rings is 1. The van der Waals surface area contributed by atoms with Crippen LogP contribution in [0.2, 0.25) is 0 Å². The quantitative estimate of drug-likeness (QED) is 0.688. The average molecular weight is 407 g/mol. The van der Waals surface area contributed by atoms with Crippen molar-refractivity contribution >= 4 is 23.4 Å². The van der Waals surface area contributed by atoms with Crippen LogP contribution < -0.4 is 10.2 Å². The maximum atomic E-state index is 12.7. The zero-order valence-corrected chi connectivity index (χ0v) is 17.4. The fourth-order valence-electron chi connectivity index (χ4n) is 3.53. The number of aryl methyl sites for hydroxylation is 3. The van der Waals surface area contributed by atoms with E-state index in [4.69, 9.17) is 4.52 Å². The Bertz CT molecular complexity index is 1020. The third-order valence-electron chi connectivity index (χ3n) is 5.29. The molecule has 1 amide bonds. The summed E-state index contributed by atoms with van der Waals surface area (Å²) in [5.74, 6) is 3.07.